The van der Waals surface area contributed by atoms with Gasteiger partial charge in [-0.05, 0) is 105 Å². The van der Waals surface area contributed by atoms with Crippen LogP contribution in [0, 0.1) is 40.4 Å². The van der Waals surface area contributed by atoms with E-state index in [0.29, 0.717) is 34.9 Å². The minimum absolute atomic E-state index is 0.0863. The van der Waals surface area contributed by atoms with Gasteiger partial charge in [0.1, 0.15) is 24.2 Å². The number of nitrogens with one attached hydrogen (secondary N) is 1. The lowest BCUT2D eigenvalue weighted by molar-refractivity contribution is -0.0597. The van der Waals surface area contributed by atoms with E-state index in [4.69, 9.17) is 14.7 Å². The van der Waals surface area contributed by atoms with Crippen LogP contribution in [0.2, 0.25) is 0 Å². The molecule has 6 heteroatoms. The second-order valence-electron chi connectivity index (χ2n) is 11.8. The summed E-state index contributed by atoms with van der Waals surface area (Å²) in [5.74, 6) is 4.00. The molecule has 1 aromatic rings. The highest BCUT2D eigenvalue weighted by Crippen LogP contribution is 2.61. The summed E-state index contributed by atoms with van der Waals surface area (Å²) in [6.45, 7) is 4.87. The Morgan fingerprint density at radius 3 is 2.46 bits per heavy atom. The lowest BCUT2D eigenvalue weighted by Gasteiger charge is -2.57. The predicted molar refractivity (Wildman–Crippen MR) is 135 cm³/mol. The molecule has 4 aliphatic rings. The van der Waals surface area contributed by atoms with Crippen molar-refractivity contribution in [2.75, 3.05) is 19.8 Å². The van der Waals surface area contributed by atoms with Gasteiger partial charge in [-0.3, -0.25) is 4.79 Å². The molecule has 0 heterocycles. The molecular formula is C29H42N2O4. The Morgan fingerprint density at radius 1 is 1.14 bits per heavy atom. The Balaban J connectivity index is 1.28. The molecule has 35 heavy (non-hydrogen) atoms. The van der Waals surface area contributed by atoms with Crippen molar-refractivity contribution in [2.24, 2.45) is 29.1 Å². The summed E-state index contributed by atoms with van der Waals surface area (Å²) in [7, 11) is 0. The van der Waals surface area contributed by atoms with Crippen LogP contribution in [-0.4, -0.2) is 36.9 Å². The Morgan fingerprint density at radius 2 is 1.83 bits per heavy atom. The lowest BCUT2D eigenvalue weighted by Crippen LogP contribution is -2.46. The average Bonchev–Trinajstić information content (AvgIpc) is 2.80. The Bertz CT molecular complexity index is 871. The van der Waals surface area contributed by atoms with Crippen LogP contribution in [0.25, 0.3) is 0 Å². The quantitative estimate of drug-likeness (QED) is 0.388. The SMILES string of the molecule is CC(C)CCNC(=O)c1cc(OCC#N)ccc1OCC(O)CCCC12CC3CC(CC(C3)C1)C2. The van der Waals surface area contributed by atoms with Crippen molar-refractivity contribution >= 4 is 5.91 Å². The maximum absolute atomic E-state index is 12.8. The minimum Gasteiger partial charge on any atom is -0.490 e. The number of carbonyl (C=O) groups is 1. The predicted octanol–water partition coefficient (Wildman–Crippen LogP) is 5.49. The van der Waals surface area contributed by atoms with E-state index in [0.717, 1.165) is 37.0 Å². The van der Waals surface area contributed by atoms with Gasteiger partial charge in [-0.25, -0.2) is 0 Å². The van der Waals surface area contributed by atoms with Crippen molar-refractivity contribution in [1.82, 2.24) is 5.32 Å². The molecule has 0 saturated heterocycles. The summed E-state index contributed by atoms with van der Waals surface area (Å²) in [4.78, 5) is 12.8. The van der Waals surface area contributed by atoms with Crippen molar-refractivity contribution in [3.05, 3.63) is 23.8 Å². The largest absolute Gasteiger partial charge is 0.490 e. The number of benzene rings is 1. The summed E-state index contributed by atoms with van der Waals surface area (Å²) >= 11 is 0. The van der Waals surface area contributed by atoms with Crippen molar-refractivity contribution in [2.45, 2.75) is 84.2 Å². The zero-order chi connectivity index (χ0) is 24.8. The van der Waals surface area contributed by atoms with Gasteiger partial charge in [-0.2, -0.15) is 5.26 Å². The number of rotatable bonds is 13. The molecule has 4 aliphatic carbocycles. The minimum atomic E-state index is -0.560. The standard InChI is InChI=1S/C29H42N2O4/c1-20(2)7-10-31-28(33)26-15-25(34-11-9-30)5-6-27(26)35-19-24(32)4-3-8-29-16-21-12-22(17-29)14-23(13-21)18-29/h5-6,15,20-24,32H,3-4,7-8,10-14,16-19H2,1-2H3,(H,31,33). The number of ether oxygens (including phenoxy) is 2. The normalized spacial score (nSPS) is 27.5. The van der Waals surface area contributed by atoms with E-state index in [1.165, 1.54) is 44.9 Å². The van der Waals surface area contributed by atoms with Gasteiger partial charge in [0, 0.05) is 6.54 Å². The number of aliphatic hydroxyl groups is 1. The zero-order valence-electron chi connectivity index (χ0n) is 21.4. The molecule has 0 radical (unpaired) electrons. The molecule has 1 amide bonds. The van der Waals surface area contributed by atoms with E-state index in [1.807, 2.05) is 6.07 Å². The van der Waals surface area contributed by atoms with Crippen molar-refractivity contribution in [1.29, 1.82) is 5.26 Å². The molecule has 5 rings (SSSR count). The third-order valence-corrected chi connectivity index (χ3v) is 8.35. The van der Waals surface area contributed by atoms with Crippen LogP contribution in [0.3, 0.4) is 0 Å². The summed E-state index contributed by atoms with van der Waals surface area (Å²) in [5, 5.41) is 22.4. The molecule has 4 saturated carbocycles. The number of nitrogens with zero attached hydrogens (tertiary/aromatic N) is 1. The van der Waals surface area contributed by atoms with Gasteiger partial charge < -0.3 is 19.9 Å². The zero-order valence-corrected chi connectivity index (χ0v) is 21.4. The number of amides is 1. The first-order valence-electron chi connectivity index (χ1n) is 13.6. The first-order chi connectivity index (χ1) is 16.9. The molecule has 2 N–H and O–H groups in total. The Labute approximate surface area is 210 Å². The molecule has 1 unspecified atom stereocenters. The molecule has 1 atom stereocenters. The van der Waals surface area contributed by atoms with Gasteiger partial charge in [0.15, 0.2) is 6.61 Å². The maximum Gasteiger partial charge on any atom is 0.255 e. The monoisotopic (exact) mass is 482 g/mol. The summed E-state index contributed by atoms with van der Waals surface area (Å²) in [6.07, 6.45) is 11.9. The molecule has 6 nitrogen and oxygen atoms in total. The second kappa shape index (κ2) is 11.6. The number of hydrogen-bond acceptors (Lipinski definition) is 5. The topological polar surface area (TPSA) is 91.6 Å². The van der Waals surface area contributed by atoms with Crippen LogP contribution in [0.15, 0.2) is 18.2 Å². The van der Waals surface area contributed by atoms with Crippen LogP contribution in [0.5, 0.6) is 11.5 Å². The van der Waals surface area contributed by atoms with Gasteiger partial charge in [0.25, 0.3) is 5.91 Å². The Kier molecular flexibility index (Phi) is 8.59. The van der Waals surface area contributed by atoms with Crippen molar-refractivity contribution in [3.8, 4) is 17.6 Å². The molecule has 0 aromatic heterocycles. The molecule has 1 aromatic carbocycles. The average molecular weight is 483 g/mol. The van der Waals surface area contributed by atoms with E-state index in [1.54, 1.807) is 18.2 Å². The first kappa shape index (κ1) is 25.8. The maximum atomic E-state index is 12.8. The van der Waals surface area contributed by atoms with E-state index >= 15 is 0 Å². The van der Waals surface area contributed by atoms with E-state index in [2.05, 4.69) is 19.2 Å². The van der Waals surface area contributed by atoms with Gasteiger partial charge in [0.05, 0.1) is 11.7 Å². The fourth-order valence-electron chi connectivity index (χ4n) is 7.17. The highest BCUT2D eigenvalue weighted by molar-refractivity contribution is 5.97. The first-order valence-corrected chi connectivity index (χ1v) is 13.6. The van der Waals surface area contributed by atoms with Crippen LogP contribution in [0.1, 0.15) is 88.4 Å². The number of hydrogen-bond donors (Lipinski definition) is 2. The molecule has 0 spiro atoms. The second-order valence-corrected chi connectivity index (χ2v) is 11.8. The Hall–Kier alpha value is -2.26. The van der Waals surface area contributed by atoms with Crippen molar-refractivity contribution < 1.29 is 19.4 Å². The lowest BCUT2D eigenvalue weighted by atomic mass is 9.48. The highest BCUT2D eigenvalue weighted by Gasteiger charge is 2.50. The summed E-state index contributed by atoms with van der Waals surface area (Å²) in [5.41, 5.74) is 0.903. The number of nitriles is 1. The van der Waals surface area contributed by atoms with Gasteiger partial charge >= 0.3 is 0 Å². The molecular weight excluding hydrogens is 440 g/mol. The molecule has 4 bridgehead atoms. The van der Waals surface area contributed by atoms with Crippen LogP contribution in [0.4, 0.5) is 0 Å². The third kappa shape index (κ3) is 6.91. The fourth-order valence-corrected chi connectivity index (χ4v) is 7.17. The summed E-state index contributed by atoms with van der Waals surface area (Å²) in [6, 6.07) is 6.93. The van der Waals surface area contributed by atoms with Gasteiger partial charge in [-0.1, -0.05) is 20.3 Å². The third-order valence-electron chi connectivity index (χ3n) is 8.35. The molecule has 4 fully saturated rings. The van der Waals surface area contributed by atoms with Crippen LogP contribution in [-0.2, 0) is 0 Å². The van der Waals surface area contributed by atoms with Crippen LogP contribution >= 0.6 is 0 Å². The van der Waals surface area contributed by atoms with E-state index in [9.17, 15) is 9.90 Å². The highest BCUT2D eigenvalue weighted by atomic mass is 16.5. The molecule has 192 valence electrons. The van der Waals surface area contributed by atoms with E-state index < -0.39 is 6.10 Å². The van der Waals surface area contributed by atoms with E-state index in [-0.39, 0.29) is 19.1 Å². The number of carbonyl (C=O) groups excluding carboxylic acids is 1. The van der Waals surface area contributed by atoms with Crippen molar-refractivity contribution in [3.63, 3.8) is 0 Å². The smallest absolute Gasteiger partial charge is 0.255 e. The molecule has 0 aliphatic heterocycles. The summed E-state index contributed by atoms with van der Waals surface area (Å²) < 4.78 is 11.3. The number of aliphatic hydroxyl groups excluding tert-OH is 1. The van der Waals surface area contributed by atoms with Crippen LogP contribution < -0.4 is 14.8 Å². The van der Waals surface area contributed by atoms with Gasteiger partial charge in [0.2, 0.25) is 0 Å². The van der Waals surface area contributed by atoms with Gasteiger partial charge in [-0.15, -0.1) is 0 Å². The fraction of sp³-hybridized carbons (Fsp3) is 0.724.